The van der Waals surface area contributed by atoms with Crippen LogP contribution in [-0.2, 0) is 16.0 Å². The lowest BCUT2D eigenvalue weighted by Crippen LogP contribution is -2.41. The van der Waals surface area contributed by atoms with Gasteiger partial charge in [0.15, 0.2) is 0 Å². The summed E-state index contributed by atoms with van der Waals surface area (Å²) in [4.78, 5) is 22.9. The normalized spacial score (nSPS) is 11.9. The smallest absolute Gasteiger partial charge is 0.326 e. The first kappa shape index (κ1) is 15.2. The van der Waals surface area contributed by atoms with Crippen molar-refractivity contribution in [1.82, 2.24) is 5.32 Å². The molecule has 1 aromatic carbocycles. The molecule has 0 saturated heterocycles. The van der Waals surface area contributed by atoms with Crippen LogP contribution < -0.4 is 5.32 Å². The van der Waals surface area contributed by atoms with Gasteiger partial charge in [-0.1, -0.05) is 44.0 Å². The molecule has 1 aromatic rings. The van der Waals surface area contributed by atoms with Gasteiger partial charge in [0.05, 0.1) is 6.42 Å². The Balaban J connectivity index is 2.58. The van der Waals surface area contributed by atoms with E-state index in [1.165, 1.54) is 0 Å². The lowest BCUT2D eigenvalue weighted by Gasteiger charge is -2.14. The molecule has 0 fully saturated rings. The predicted octanol–water partition coefficient (Wildman–Crippen LogP) is 2.30. The van der Waals surface area contributed by atoms with Crippen LogP contribution in [0.3, 0.4) is 0 Å². The van der Waals surface area contributed by atoms with E-state index in [0.717, 1.165) is 24.0 Å². The molecule has 1 rings (SSSR count). The minimum atomic E-state index is -0.966. The monoisotopic (exact) mass is 263 g/mol. The molecule has 4 heteroatoms. The van der Waals surface area contributed by atoms with Crippen molar-refractivity contribution in [2.24, 2.45) is 0 Å². The number of carboxylic acids is 1. The maximum atomic E-state index is 11.9. The van der Waals surface area contributed by atoms with E-state index >= 15 is 0 Å². The highest BCUT2D eigenvalue weighted by atomic mass is 16.4. The van der Waals surface area contributed by atoms with E-state index in [4.69, 9.17) is 5.11 Å². The lowest BCUT2D eigenvalue weighted by atomic mass is 10.0. The van der Waals surface area contributed by atoms with Crippen molar-refractivity contribution in [1.29, 1.82) is 0 Å². The zero-order valence-corrected chi connectivity index (χ0v) is 11.5. The summed E-state index contributed by atoms with van der Waals surface area (Å²) in [5.41, 5.74) is 1.97. The first-order valence-corrected chi connectivity index (χ1v) is 6.61. The number of aliphatic carboxylic acids is 1. The number of unbranched alkanes of at least 4 members (excludes halogenated alkanes) is 1. The van der Waals surface area contributed by atoms with Gasteiger partial charge in [0.1, 0.15) is 6.04 Å². The molecule has 0 aromatic heterocycles. The van der Waals surface area contributed by atoms with Crippen molar-refractivity contribution in [2.45, 2.75) is 45.6 Å². The molecular weight excluding hydrogens is 242 g/mol. The van der Waals surface area contributed by atoms with Gasteiger partial charge < -0.3 is 10.4 Å². The Morgan fingerprint density at radius 2 is 2.00 bits per heavy atom. The largest absolute Gasteiger partial charge is 0.480 e. The Labute approximate surface area is 113 Å². The fourth-order valence-electron chi connectivity index (χ4n) is 1.89. The van der Waals surface area contributed by atoms with E-state index in [-0.39, 0.29) is 12.3 Å². The van der Waals surface area contributed by atoms with Gasteiger partial charge in [0.25, 0.3) is 0 Å². The van der Waals surface area contributed by atoms with Crippen LogP contribution in [0.4, 0.5) is 0 Å². The van der Waals surface area contributed by atoms with Crippen LogP contribution in [0.2, 0.25) is 0 Å². The Morgan fingerprint density at radius 1 is 1.32 bits per heavy atom. The fraction of sp³-hybridized carbons (Fsp3) is 0.467. The number of carboxylic acid groups (broad SMARTS) is 1. The van der Waals surface area contributed by atoms with Crippen LogP contribution in [0.25, 0.3) is 0 Å². The lowest BCUT2D eigenvalue weighted by molar-refractivity contribution is -0.142. The van der Waals surface area contributed by atoms with Crippen LogP contribution in [-0.4, -0.2) is 23.0 Å². The quantitative estimate of drug-likeness (QED) is 0.793. The summed E-state index contributed by atoms with van der Waals surface area (Å²) in [6.07, 6.45) is 2.41. The number of hydrogen-bond donors (Lipinski definition) is 2. The summed E-state index contributed by atoms with van der Waals surface area (Å²) < 4.78 is 0. The number of nitrogens with one attached hydrogen (secondary N) is 1. The van der Waals surface area contributed by atoms with Crippen molar-refractivity contribution in [3.05, 3.63) is 35.4 Å². The van der Waals surface area contributed by atoms with Gasteiger partial charge in [-0.3, -0.25) is 4.79 Å². The van der Waals surface area contributed by atoms with Crippen LogP contribution >= 0.6 is 0 Å². The second kappa shape index (κ2) is 7.56. The topological polar surface area (TPSA) is 66.4 Å². The zero-order chi connectivity index (χ0) is 14.3. The van der Waals surface area contributed by atoms with E-state index in [2.05, 4.69) is 5.32 Å². The van der Waals surface area contributed by atoms with Crippen LogP contribution in [0.15, 0.2) is 24.3 Å². The molecule has 0 aliphatic rings. The molecule has 1 amide bonds. The highest BCUT2D eigenvalue weighted by Crippen LogP contribution is 2.08. The third kappa shape index (κ3) is 5.12. The molecule has 1 atom stereocenters. The van der Waals surface area contributed by atoms with Gasteiger partial charge in [-0.15, -0.1) is 0 Å². The van der Waals surface area contributed by atoms with E-state index in [1.54, 1.807) is 0 Å². The van der Waals surface area contributed by atoms with E-state index in [0.29, 0.717) is 6.42 Å². The summed E-state index contributed by atoms with van der Waals surface area (Å²) in [7, 11) is 0. The van der Waals surface area contributed by atoms with Gasteiger partial charge in [-0.25, -0.2) is 4.79 Å². The number of aryl methyl sites for hydroxylation is 1. The summed E-state index contributed by atoms with van der Waals surface area (Å²) in [6, 6.07) is 6.83. The highest BCUT2D eigenvalue weighted by Gasteiger charge is 2.19. The summed E-state index contributed by atoms with van der Waals surface area (Å²) in [6.45, 7) is 3.93. The van der Waals surface area contributed by atoms with Crippen molar-refractivity contribution >= 4 is 11.9 Å². The van der Waals surface area contributed by atoms with Gasteiger partial charge in [0, 0.05) is 0 Å². The van der Waals surface area contributed by atoms with Gasteiger partial charge in [-0.05, 0) is 24.5 Å². The number of hydrogen-bond acceptors (Lipinski definition) is 2. The Kier molecular flexibility index (Phi) is 6.06. The molecule has 0 aliphatic carbocycles. The number of carbonyl (C=O) groups is 2. The standard InChI is InChI=1S/C15H21NO3/c1-3-4-9-13(15(18)19)16-14(17)10-12-8-6-5-7-11(12)2/h5-8,13H,3-4,9-10H2,1-2H3,(H,16,17)(H,18,19). The minimum absolute atomic E-state index is 0.225. The van der Waals surface area contributed by atoms with E-state index < -0.39 is 12.0 Å². The Hall–Kier alpha value is -1.84. The average Bonchev–Trinajstić information content (AvgIpc) is 2.37. The average molecular weight is 263 g/mol. The summed E-state index contributed by atoms with van der Waals surface area (Å²) in [5.74, 6) is -1.20. The van der Waals surface area contributed by atoms with Crippen LogP contribution in [0, 0.1) is 6.92 Å². The molecule has 2 N–H and O–H groups in total. The Morgan fingerprint density at radius 3 is 2.58 bits per heavy atom. The van der Waals surface area contributed by atoms with Gasteiger partial charge in [0.2, 0.25) is 5.91 Å². The second-order valence-corrected chi connectivity index (χ2v) is 4.70. The molecule has 4 nitrogen and oxygen atoms in total. The van der Waals surface area contributed by atoms with E-state index in [9.17, 15) is 9.59 Å². The summed E-state index contributed by atoms with van der Waals surface area (Å²) in [5, 5.41) is 11.6. The van der Waals surface area contributed by atoms with Gasteiger partial charge in [-0.2, -0.15) is 0 Å². The predicted molar refractivity (Wildman–Crippen MR) is 74.0 cm³/mol. The Bertz CT molecular complexity index is 443. The molecule has 0 bridgehead atoms. The van der Waals surface area contributed by atoms with Crippen molar-refractivity contribution < 1.29 is 14.7 Å². The fourth-order valence-corrected chi connectivity index (χ4v) is 1.89. The molecule has 1 unspecified atom stereocenters. The number of benzene rings is 1. The third-order valence-electron chi connectivity index (χ3n) is 3.09. The number of rotatable bonds is 7. The maximum Gasteiger partial charge on any atom is 0.326 e. The van der Waals surface area contributed by atoms with E-state index in [1.807, 2.05) is 38.1 Å². The number of amides is 1. The van der Waals surface area contributed by atoms with Crippen molar-refractivity contribution in [3.8, 4) is 0 Å². The molecule has 0 spiro atoms. The van der Waals surface area contributed by atoms with Gasteiger partial charge >= 0.3 is 5.97 Å². The minimum Gasteiger partial charge on any atom is -0.480 e. The van der Waals surface area contributed by atoms with Crippen molar-refractivity contribution in [2.75, 3.05) is 0 Å². The molecule has 0 aliphatic heterocycles. The SMILES string of the molecule is CCCCC(NC(=O)Cc1ccccc1C)C(=O)O. The van der Waals surface area contributed by atoms with Crippen molar-refractivity contribution in [3.63, 3.8) is 0 Å². The first-order valence-electron chi connectivity index (χ1n) is 6.61. The zero-order valence-electron chi connectivity index (χ0n) is 11.5. The van der Waals surface area contributed by atoms with Crippen LogP contribution in [0.1, 0.15) is 37.3 Å². The first-order chi connectivity index (χ1) is 9.04. The number of carbonyl (C=O) groups excluding carboxylic acids is 1. The molecule has 0 radical (unpaired) electrons. The second-order valence-electron chi connectivity index (χ2n) is 4.70. The summed E-state index contributed by atoms with van der Waals surface area (Å²) >= 11 is 0. The molecule has 0 saturated carbocycles. The maximum absolute atomic E-state index is 11.9. The van der Waals surface area contributed by atoms with Crippen LogP contribution in [0.5, 0.6) is 0 Å². The third-order valence-corrected chi connectivity index (χ3v) is 3.09. The molecule has 19 heavy (non-hydrogen) atoms. The molecule has 104 valence electrons. The molecule has 0 heterocycles. The molecular formula is C15H21NO3. The highest BCUT2D eigenvalue weighted by molar-refractivity contribution is 5.85.